The minimum absolute atomic E-state index is 0.0565. The van der Waals surface area contributed by atoms with Crippen LogP contribution in [0.15, 0.2) is 57.6 Å². The van der Waals surface area contributed by atoms with Gasteiger partial charge in [-0.2, -0.15) is 4.98 Å². The van der Waals surface area contributed by atoms with Crippen molar-refractivity contribution in [2.45, 2.75) is 94.4 Å². The molecule has 0 saturated carbocycles. The van der Waals surface area contributed by atoms with Gasteiger partial charge in [0.25, 0.3) is 5.56 Å². The molecule has 0 bridgehead atoms. The zero-order valence-corrected chi connectivity index (χ0v) is 25.9. The summed E-state index contributed by atoms with van der Waals surface area (Å²) in [4.78, 5) is 50.6. The number of thioether (sulfide) groups is 1. The molecule has 1 aromatic carbocycles. The number of carbonyl (C=O) groups excluding carboxylic acids is 1. The Balaban J connectivity index is 1.62. The number of nitrogens with one attached hydrogen (secondary N) is 1. The van der Waals surface area contributed by atoms with Crippen molar-refractivity contribution < 1.29 is 9.18 Å². The maximum atomic E-state index is 13.3. The number of benzene rings is 1. The van der Waals surface area contributed by atoms with E-state index in [0.29, 0.717) is 28.6 Å². The van der Waals surface area contributed by atoms with Gasteiger partial charge in [-0.05, 0) is 29.7 Å². The first kappa shape index (κ1) is 33.2. The second kappa shape index (κ2) is 17.6. The van der Waals surface area contributed by atoms with Crippen molar-refractivity contribution >= 4 is 17.7 Å². The van der Waals surface area contributed by atoms with Crippen LogP contribution in [0.5, 0.6) is 0 Å². The van der Waals surface area contributed by atoms with E-state index in [-0.39, 0.29) is 18.1 Å². The fourth-order valence-corrected chi connectivity index (χ4v) is 5.79. The number of hydrogen-bond donors (Lipinski definition) is 1. The number of halogens is 1. The first-order chi connectivity index (χ1) is 20.3. The van der Waals surface area contributed by atoms with Crippen molar-refractivity contribution in [1.29, 1.82) is 0 Å². The third-order valence-corrected chi connectivity index (χ3v) is 8.60. The van der Waals surface area contributed by atoms with Gasteiger partial charge in [-0.15, -0.1) is 0 Å². The van der Waals surface area contributed by atoms with Crippen LogP contribution in [0.4, 0.5) is 4.39 Å². The molecule has 0 aliphatic rings. The van der Waals surface area contributed by atoms with Gasteiger partial charge in [0.15, 0.2) is 5.16 Å². The number of carbonyl (C=O) groups is 1. The zero-order chi connectivity index (χ0) is 30.3. The first-order valence-electron chi connectivity index (χ1n) is 15.0. The van der Waals surface area contributed by atoms with Gasteiger partial charge in [0, 0.05) is 62.9 Å². The van der Waals surface area contributed by atoms with Crippen molar-refractivity contribution in [2.75, 3.05) is 13.6 Å². The van der Waals surface area contributed by atoms with E-state index in [1.54, 1.807) is 41.9 Å². The minimum Gasteiger partial charge on any atom is -0.346 e. The molecule has 42 heavy (non-hydrogen) atoms. The minimum atomic E-state index is -0.612. The molecule has 2 heterocycles. The van der Waals surface area contributed by atoms with E-state index < -0.39 is 17.2 Å². The predicted octanol–water partition coefficient (Wildman–Crippen LogP) is 6.20. The number of aromatic nitrogens is 4. The average molecular weight is 598 g/mol. The van der Waals surface area contributed by atoms with Crippen molar-refractivity contribution in [3.63, 3.8) is 0 Å². The summed E-state index contributed by atoms with van der Waals surface area (Å²) in [6.07, 6.45) is 17.0. The summed E-state index contributed by atoms with van der Waals surface area (Å²) in [5.74, 6) is -0.474. The number of hydrogen-bond acceptors (Lipinski definition) is 6. The molecule has 0 spiro atoms. The van der Waals surface area contributed by atoms with Crippen LogP contribution in [-0.2, 0) is 17.6 Å². The Morgan fingerprint density at radius 3 is 2.29 bits per heavy atom. The van der Waals surface area contributed by atoms with E-state index in [4.69, 9.17) is 0 Å². The van der Waals surface area contributed by atoms with Gasteiger partial charge in [0.2, 0.25) is 5.91 Å². The van der Waals surface area contributed by atoms with Crippen LogP contribution >= 0.6 is 11.8 Å². The van der Waals surface area contributed by atoms with Crippen LogP contribution in [0.1, 0.15) is 100 Å². The molecule has 1 amide bonds. The van der Waals surface area contributed by atoms with Gasteiger partial charge in [0.1, 0.15) is 5.82 Å². The smallest absolute Gasteiger partial charge is 0.344 e. The third-order valence-electron chi connectivity index (χ3n) is 7.48. The number of aromatic amines is 1. The van der Waals surface area contributed by atoms with Crippen molar-refractivity contribution in [3.05, 3.63) is 86.2 Å². The van der Waals surface area contributed by atoms with Gasteiger partial charge in [0.05, 0.1) is 0 Å². The SMILES string of the molecule is CCCCCCCCCCCCN(C)C(=O)CC(c1cnc(=O)[nH]c1)c1cn(C)c(SCc2ccc(F)cc2)nc1=O. The highest BCUT2D eigenvalue weighted by atomic mass is 32.2. The summed E-state index contributed by atoms with van der Waals surface area (Å²) in [6, 6.07) is 6.20. The quantitative estimate of drug-likeness (QED) is 0.107. The number of nitrogens with zero attached hydrogens (tertiary/aromatic N) is 4. The van der Waals surface area contributed by atoms with Gasteiger partial charge >= 0.3 is 5.69 Å². The van der Waals surface area contributed by atoms with Gasteiger partial charge in [-0.1, -0.05) is 88.6 Å². The summed E-state index contributed by atoms with van der Waals surface area (Å²) in [5, 5.41) is 0.510. The monoisotopic (exact) mass is 597 g/mol. The lowest BCUT2D eigenvalue weighted by molar-refractivity contribution is -0.130. The van der Waals surface area contributed by atoms with Crippen LogP contribution in [0.2, 0.25) is 0 Å². The van der Waals surface area contributed by atoms with Crippen LogP contribution in [0, 0.1) is 5.82 Å². The highest BCUT2D eigenvalue weighted by molar-refractivity contribution is 7.98. The Kier molecular flexibility index (Phi) is 14.0. The number of aryl methyl sites for hydroxylation is 1. The Morgan fingerprint density at radius 1 is 1.02 bits per heavy atom. The summed E-state index contributed by atoms with van der Waals surface area (Å²) in [5.41, 5.74) is 0.906. The Labute approximate surface area is 252 Å². The topological polar surface area (TPSA) is 101 Å². The molecule has 3 rings (SSSR count). The molecule has 228 valence electrons. The summed E-state index contributed by atoms with van der Waals surface area (Å²) in [6.45, 7) is 2.89. The molecule has 0 aliphatic heterocycles. The average Bonchev–Trinajstić information content (AvgIpc) is 2.98. The molecule has 1 unspecified atom stereocenters. The lowest BCUT2D eigenvalue weighted by Crippen LogP contribution is -2.31. The van der Waals surface area contributed by atoms with E-state index in [2.05, 4.69) is 21.9 Å². The van der Waals surface area contributed by atoms with Crippen molar-refractivity contribution in [3.8, 4) is 0 Å². The van der Waals surface area contributed by atoms with Crippen LogP contribution in [0.25, 0.3) is 0 Å². The van der Waals surface area contributed by atoms with Crippen LogP contribution < -0.4 is 11.2 Å². The van der Waals surface area contributed by atoms with Gasteiger partial charge < -0.3 is 14.5 Å². The molecule has 1 N–H and O–H groups in total. The largest absolute Gasteiger partial charge is 0.346 e. The molecule has 2 aromatic heterocycles. The van der Waals surface area contributed by atoms with Gasteiger partial charge in [-0.3, -0.25) is 9.59 Å². The van der Waals surface area contributed by atoms with Crippen molar-refractivity contribution in [1.82, 2.24) is 24.4 Å². The molecule has 0 aliphatic carbocycles. The van der Waals surface area contributed by atoms with Crippen LogP contribution in [-0.4, -0.2) is 43.9 Å². The summed E-state index contributed by atoms with van der Waals surface area (Å²) in [7, 11) is 3.59. The van der Waals surface area contributed by atoms with Crippen molar-refractivity contribution in [2.24, 2.45) is 7.05 Å². The van der Waals surface area contributed by atoms with Gasteiger partial charge in [-0.25, -0.2) is 14.2 Å². The molecule has 10 heteroatoms. The van der Waals surface area contributed by atoms with E-state index in [0.717, 1.165) is 18.4 Å². The standard InChI is InChI=1S/C32H44FN5O3S/c1-4-5-6-7-8-9-10-11-12-13-18-37(2)29(39)19-27(25-20-34-31(41)35-21-25)28-22-38(3)32(36-30(28)40)42-23-24-14-16-26(33)17-15-24/h14-17,20-22,27H,4-13,18-19,23H2,1-3H3,(H,34,35,41). The maximum Gasteiger partial charge on any atom is 0.344 e. The second-order valence-electron chi connectivity index (χ2n) is 10.9. The number of amides is 1. The maximum absolute atomic E-state index is 13.3. The molecule has 8 nitrogen and oxygen atoms in total. The lowest BCUT2D eigenvalue weighted by atomic mass is 9.91. The second-order valence-corrected chi connectivity index (χ2v) is 11.9. The molecular formula is C32H44FN5O3S. The molecule has 0 fully saturated rings. The Morgan fingerprint density at radius 2 is 1.67 bits per heavy atom. The molecular weight excluding hydrogens is 553 g/mol. The van der Waals surface area contributed by atoms with E-state index in [1.165, 1.54) is 87.7 Å². The molecule has 0 saturated heterocycles. The Hall–Kier alpha value is -3.27. The molecule has 1 atom stereocenters. The fraction of sp³-hybridized carbons (Fsp3) is 0.531. The molecule has 0 radical (unpaired) electrons. The van der Waals surface area contributed by atoms with Crippen LogP contribution in [0.3, 0.4) is 0 Å². The summed E-state index contributed by atoms with van der Waals surface area (Å²) < 4.78 is 15.0. The highest BCUT2D eigenvalue weighted by Gasteiger charge is 2.25. The number of H-pyrrole nitrogens is 1. The third kappa shape index (κ3) is 10.9. The number of rotatable bonds is 18. The fourth-order valence-electron chi connectivity index (χ4n) is 4.89. The predicted molar refractivity (Wildman–Crippen MR) is 166 cm³/mol. The number of unbranched alkanes of at least 4 members (excludes halogenated alkanes) is 9. The summed E-state index contributed by atoms with van der Waals surface area (Å²) >= 11 is 1.37. The lowest BCUT2D eigenvalue weighted by Gasteiger charge is -2.22. The normalized spacial score (nSPS) is 11.9. The zero-order valence-electron chi connectivity index (χ0n) is 25.1. The van der Waals surface area contributed by atoms with E-state index >= 15 is 0 Å². The molecule has 3 aromatic rings. The van der Waals surface area contributed by atoms with E-state index in [9.17, 15) is 18.8 Å². The first-order valence-corrected chi connectivity index (χ1v) is 16.0. The Bertz CT molecular complexity index is 1360. The van der Waals surface area contributed by atoms with E-state index in [1.807, 2.05) is 0 Å². The highest BCUT2D eigenvalue weighted by Crippen LogP contribution is 2.27.